The van der Waals surface area contributed by atoms with Crippen LogP contribution in [0.4, 0.5) is 4.39 Å². The summed E-state index contributed by atoms with van der Waals surface area (Å²) in [6.45, 7) is 8.06. The lowest BCUT2D eigenvalue weighted by Gasteiger charge is -2.19. The first-order chi connectivity index (χ1) is 12.6. The predicted molar refractivity (Wildman–Crippen MR) is 107 cm³/mol. The summed E-state index contributed by atoms with van der Waals surface area (Å²) in [5.41, 5.74) is 2.76. The van der Waals surface area contributed by atoms with Gasteiger partial charge in [0.05, 0.1) is 4.90 Å². The Kier molecular flexibility index (Phi) is 5.14. The lowest BCUT2D eigenvalue weighted by Crippen LogP contribution is -2.34. The first-order valence-electron chi connectivity index (χ1n) is 8.95. The van der Waals surface area contributed by atoms with Gasteiger partial charge in [-0.1, -0.05) is 32.9 Å². The molecular formula is C21H25FN2O2S. The van der Waals surface area contributed by atoms with Crippen molar-refractivity contribution in [3.05, 3.63) is 65.6 Å². The van der Waals surface area contributed by atoms with Gasteiger partial charge in [-0.15, -0.1) is 0 Å². The SMILES string of the molecule is CC(Cc1c[nH]c2ccc(F)cc12)NS(=O)(=O)c1ccc(C(C)(C)C)cc1. The van der Waals surface area contributed by atoms with Crippen LogP contribution >= 0.6 is 0 Å². The minimum absolute atomic E-state index is 0.0341. The molecule has 0 spiro atoms. The molecule has 144 valence electrons. The van der Waals surface area contributed by atoms with Crippen LogP contribution in [0.2, 0.25) is 0 Å². The lowest BCUT2D eigenvalue weighted by molar-refractivity contribution is 0.559. The molecule has 1 unspecified atom stereocenters. The summed E-state index contributed by atoms with van der Waals surface area (Å²) in [5.74, 6) is -0.310. The average molecular weight is 389 g/mol. The quantitative estimate of drug-likeness (QED) is 0.675. The van der Waals surface area contributed by atoms with E-state index in [4.69, 9.17) is 0 Å². The van der Waals surface area contributed by atoms with Crippen molar-refractivity contribution in [3.8, 4) is 0 Å². The second-order valence-electron chi connectivity index (χ2n) is 8.00. The van der Waals surface area contributed by atoms with Gasteiger partial charge in [-0.05, 0) is 60.2 Å². The maximum absolute atomic E-state index is 13.5. The van der Waals surface area contributed by atoms with Crippen LogP contribution in [0.3, 0.4) is 0 Å². The van der Waals surface area contributed by atoms with Crippen molar-refractivity contribution >= 4 is 20.9 Å². The van der Waals surface area contributed by atoms with Gasteiger partial charge in [0.25, 0.3) is 0 Å². The molecule has 4 nitrogen and oxygen atoms in total. The molecule has 0 bridgehead atoms. The maximum atomic E-state index is 13.5. The molecule has 1 atom stereocenters. The largest absolute Gasteiger partial charge is 0.361 e. The van der Waals surface area contributed by atoms with Gasteiger partial charge in [-0.2, -0.15) is 0 Å². The van der Waals surface area contributed by atoms with E-state index in [1.165, 1.54) is 12.1 Å². The molecule has 6 heteroatoms. The molecule has 1 heterocycles. The first kappa shape index (κ1) is 19.6. The van der Waals surface area contributed by atoms with Crippen molar-refractivity contribution in [1.82, 2.24) is 9.71 Å². The molecule has 1 aromatic heterocycles. The van der Waals surface area contributed by atoms with E-state index in [0.29, 0.717) is 6.42 Å². The molecule has 0 aliphatic rings. The van der Waals surface area contributed by atoms with Gasteiger partial charge in [0, 0.05) is 23.1 Å². The van der Waals surface area contributed by atoms with Crippen LogP contribution in [0.15, 0.2) is 53.6 Å². The fraction of sp³-hybridized carbons (Fsp3) is 0.333. The monoisotopic (exact) mass is 388 g/mol. The van der Waals surface area contributed by atoms with Gasteiger partial charge in [0.1, 0.15) is 5.82 Å². The standard InChI is InChI=1S/C21H25FN2O2S/c1-14(11-15-13-23-20-10-7-17(22)12-19(15)20)24-27(25,26)18-8-5-16(6-9-18)21(2,3)4/h5-10,12-14,23-24H,11H2,1-4H3. The molecule has 3 rings (SSSR count). The van der Waals surface area contributed by atoms with Crippen LogP contribution in [-0.2, 0) is 21.9 Å². The van der Waals surface area contributed by atoms with E-state index in [0.717, 1.165) is 22.0 Å². The van der Waals surface area contributed by atoms with Crippen molar-refractivity contribution < 1.29 is 12.8 Å². The van der Waals surface area contributed by atoms with Gasteiger partial charge in [0.2, 0.25) is 10.0 Å². The molecule has 0 amide bonds. The highest BCUT2D eigenvalue weighted by molar-refractivity contribution is 7.89. The van der Waals surface area contributed by atoms with Gasteiger partial charge < -0.3 is 4.98 Å². The van der Waals surface area contributed by atoms with Crippen molar-refractivity contribution in [2.24, 2.45) is 0 Å². The van der Waals surface area contributed by atoms with Crippen molar-refractivity contribution in [2.75, 3.05) is 0 Å². The average Bonchev–Trinajstić information content (AvgIpc) is 2.95. The Morgan fingerprint density at radius 2 is 1.78 bits per heavy atom. The molecule has 0 radical (unpaired) electrons. The van der Waals surface area contributed by atoms with Crippen molar-refractivity contribution in [2.45, 2.75) is 50.5 Å². The van der Waals surface area contributed by atoms with E-state index in [1.54, 1.807) is 31.3 Å². The first-order valence-corrected chi connectivity index (χ1v) is 10.4. The number of rotatable bonds is 5. The van der Waals surface area contributed by atoms with Crippen molar-refractivity contribution in [3.63, 3.8) is 0 Å². The van der Waals surface area contributed by atoms with Crippen LogP contribution in [-0.4, -0.2) is 19.4 Å². The zero-order valence-corrected chi connectivity index (χ0v) is 16.8. The summed E-state index contributed by atoms with van der Waals surface area (Å²) in [4.78, 5) is 3.33. The lowest BCUT2D eigenvalue weighted by atomic mass is 9.87. The minimum Gasteiger partial charge on any atom is -0.361 e. The number of aromatic amines is 1. The fourth-order valence-electron chi connectivity index (χ4n) is 3.16. The third kappa shape index (κ3) is 4.39. The fourth-order valence-corrected chi connectivity index (χ4v) is 4.40. The highest BCUT2D eigenvalue weighted by Gasteiger charge is 2.20. The zero-order valence-electron chi connectivity index (χ0n) is 16.0. The van der Waals surface area contributed by atoms with E-state index >= 15 is 0 Å². The Labute approximate surface area is 159 Å². The summed E-state index contributed by atoms with van der Waals surface area (Å²) in [6.07, 6.45) is 2.26. The van der Waals surface area contributed by atoms with Crippen LogP contribution < -0.4 is 4.72 Å². The van der Waals surface area contributed by atoms with E-state index in [2.05, 4.69) is 30.5 Å². The second kappa shape index (κ2) is 7.09. The predicted octanol–water partition coefficient (Wildman–Crippen LogP) is 4.51. The maximum Gasteiger partial charge on any atom is 0.240 e. The van der Waals surface area contributed by atoms with Gasteiger partial charge in [0.15, 0.2) is 0 Å². The van der Waals surface area contributed by atoms with Crippen LogP contribution in [0.1, 0.15) is 38.8 Å². The molecule has 0 aliphatic heterocycles. The van der Waals surface area contributed by atoms with Gasteiger partial charge in [-0.25, -0.2) is 17.5 Å². The normalized spacial score (nSPS) is 13.8. The Morgan fingerprint density at radius 3 is 2.41 bits per heavy atom. The number of hydrogen-bond donors (Lipinski definition) is 2. The smallest absolute Gasteiger partial charge is 0.240 e. The molecule has 3 aromatic rings. The van der Waals surface area contributed by atoms with E-state index in [1.807, 2.05) is 12.1 Å². The Hall–Kier alpha value is -2.18. The van der Waals surface area contributed by atoms with Crippen LogP contribution in [0, 0.1) is 5.82 Å². The molecule has 0 saturated carbocycles. The molecule has 27 heavy (non-hydrogen) atoms. The Balaban J connectivity index is 1.76. The van der Waals surface area contributed by atoms with Gasteiger partial charge in [-0.3, -0.25) is 0 Å². The third-order valence-electron chi connectivity index (χ3n) is 4.64. The van der Waals surface area contributed by atoms with E-state index in [9.17, 15) is 12.8 Å². The number of fused-ring (bicyclic) bond motifs is 1. The summed E-state index contributed by atoms with van der Waals surface area (Å²) >= 11 is 0. The van der Waals surface area contributed by atoms with Crippen LogP contribution in [0.25, 0.3) is 10.9 Å². The summed E-state index contributed by atoms with van der Waals surface area (Å²) in [5, 5.41) is 0.774. The number of hydrogen-bond acceptors (Lipinski definition) is 2. The van der Waals surface area contributed by atoms with Gasteiger partial charge >= 0.3 is 0 Å². The Bertz CT molecular complexity index is 1050. The number of nitrogens with one attached hydrogen (secondary N) is 2. The molecular weight excluding hydrogens is 363 g/mol. The van der Waals surface area contributed by atoms with E-state index < -0.39 is 10.0 Å². The molecule has 2 N–H and O–H groups in total. The summed E-state index contributed by atoms with van der Waals surface area (Å²) < 4.78 is 41.6. The summed E-state index contributed by atoms with van der Waals surface area (Å²) in [6, 6.07) is 11.2. The van der Waals surface area contributed by atoms with Crippen LogP contribution in [0.5, 0.6) is 0 Å². The highest BCUT2D eigenvalue weighted by atomic mass is 32.2. The Morgan fingerprint density at radius 1 is 1.11 bits per heavy atom. The van der Waals surface area contributed by atoms with E-state index in [-0.39, 0.29) is 22.2 Å². The number of sulfonamides is 1. The number of halogens is 1. The molecule has 2 aromatic carbocycles. The molecule has 0 saturated heterocycles. The molecule has 0 fully saturated rings. The second-order valence-corrected chi connectivity index (χ2v) is 9.72. The topological polar surface area (TPSA) is 62.0 Å². The third-order valence-corrected chi connectivity index (χ3v) is 6.25. The highest BCUT2D eigenvalue weighted by Crippen LogP contribution is 2.24. The molecule has 0 aliphatic carbocycles. The number of benzene rings is 2. The minimum atomic E-state index is -3.62. The van der Waals surface area contributed by atoms with Crippen molar-refractivity contribution in [1.29, 1.82) is 0 Å². The number of aromatic nitrogens is 1. The number of H-pyrrole nitrogens is 1. The summed E-state index contributed by atoms with van der Waals surface area (Å²) in [7, 11) is -3.62. The zero-order chi connectivity index (χ0) is 19.8.